The minimum atomic E-state index is -0.669. The second-order valence-corrected chi connectivity index (χ2v) is 6.47. The van der Waals surface area contributed by atoms with E-state index in [1.807, 2.05) is 36.6 Å². The molecule has 0 fully saturated rings. The second kappa shape index (κ2) is 7.32. The summed E-state index contributed by atoms with van der Waals surface area (Å²) in [4.78, 5) is 26.8. The van der Waals surface area contributed by atoms with Crippen molar-refractivity contribution < 1.29 is 14.5 Å². The number of nitrogens with zero attached hydrogens (tertiary/aromatic N) is 2. The molecule has 0 aliphatic rings. The first-order valence-corrected chi connectivity index (χ1v) is 8.54. The number of nitrogen functional groups attached to an aromatic ring is 1. The van der Waals surface area contributed by atoms with Crippen molar-refractivity contribution in [2.75, 3.05) is 5.73 Å². The number of rotatable bonds is 5. The first-order valence-electron chi connectivity index (χ1n) is 7.66. The molecule has 0 unspecified atom stereocenters. The number of hydrogen-bond donors (Lipinski definition) is 1. The summed E-state index contributed by atoms with van der Waals surface area (Å²) in [5.41, 5.74) is 8.03. The van der Waals surface area contributed by atoms with E-state index in [2.05, 4.69) is 4.98 Å². The highest BCUT2D eigenvalue weighted by atomic mass is 32.1. The fourth-order valence-electron chi connectivity index (χ4n) is 2.25. The van der Waals surface area contributed by atoms with E-state index in [0.29, 0.717) is 5.69 Å². The first kappa shape index (κ1) is 17.6. The number of carbonyl (C=O) groups is 1. The Hall–Kier alpha value is -3.26. The highest BCUT2D eigenvalue weighted by Gasteiger charge is 2.17. The number of esters is 1. The van der Waals surface area contributed by atoms with E-state index in [9.17, 15) is 14.9 Å². The van der Waals surface area contributed by atoms with Crippen molar-refractivity contribution in [2.45, 2.75) is 13.5 Å². The van der Waals surface area contributed by atoms with Gasteiger partial charge in [0.2, 0.25) is 0 Å². The van der Waals surface area contributed by atoms with E-state index in [1.165, 1.54) is 23.5 Å². The van der Waals surface area contributed by atoms with E-state index in [4.69, 9.17) is 10.5 Å². The monoisotopic (exact) mass is 369 g/mol. The zero-order chi connectivity index (χ0) is 18.7. The zero-order valence-electron chi connectivity index (χ0n) is 13.8. The third kappa shape index (κ3) is 3.86. The summed E-state index contributed by atoms with van der Waals surface area (Å²) in [7, 11) is 0. The molecule has 0 saturated carbocycles. The van der Waals surface area contributed by atoms with Crippen molar-refractivity contribution in [1.29, 1.82) is 0 Å². The number of benzene rings is 2. The lowest BCUT2D eigenvalue weighted by atomic mass is 10.2. The van der Waals surface area contributed by atoms with E-state index in [1.54, 1.807) is 0 Å². The van der Waals surface area contributed by atoms with Crippen molar-refractivity contribution >= 4 is 28.7 Å². The molecule has 0 saturated heterocycles. The summed E-state index contributed by atoms with van der Waals surface area (Å²) >= 11 is 1.46. The number of aromatic nitrogens is 1. The quantitative estimate of drug-likeness (QED) is 0.315. The molecule has 2 N–H and O–H groups in total. The average Bonchev–Trinajstić information content (AvgIpc) is 3.09. The summed E-state index contributed by atoms with van der Waals surface area (Å²) in [6.07, 6.45) is 0. The van der Waals surface area contributed by atoms with Gasteiger partial charge in [0.1, 0.15) is 17.3 Å². The van der Waals surface area contributed by atoms with Gasteiger partial charge in [-0.2, -0.15) is 0 Å². The molecule has 2 aromatic carbocycles. The van der Waals surface area contributed by atoms with Gasteiger partial charge in [-0.25, -0.2) is 9.78 Å². The molecule has 0 radical (unpaired) electrons. The van der Waals surface area contributed by atoms with Gasteiger partial charge >= 0.3 is 5.97 Å². The van der Waals surface area contributed by atoms with Crippen LogP contribution in [0.1, 0.15) is 21.6 Å². The van der Waals surface area contributed by atoms with Gasteiger partial charge in [0, 0.05) is 17.0 Å². The Kier molecular flexibility index (Phi) is 4.94. The maximum Gasteiger partial charge on any atom is 0.338 e. The number of hydrogen-bond acceptors (Lipinski definition) is 7. The molecule has 3 aromatic rings. The molecule has 132 valence electrons. The lowest BCUT2D eigenvalue weighted by molar-refractivity contribution is -0.383. The smallest absolute Gasteiger partial charge is 0.338 e. The zero-order valence-corrected chi connectivity index (χ0v) is 14.7. The molecule has 0 atom stereocenters. The summed E-state index contributed by atoms with van der Waals surface area (Å²) in [5.74, 6) is -0.669. The number of nitro groups is 1. The maximum atomic E-state index is 12.1. The van der Waals surface area contributed by atoms with Gasteiger partial charge in [-0.3, -0.25) is 10.1 Å². The fraction of sp³-hybridized carbons (Fsp3) is 0.111. The summed E-state index contributed by atoms with van der Waals surface area (Å²) in [6.45, 7) is 2.00. The van der Waals surface area contributed by atoms with Crippen LogP contribution in [0.2, 0.25) is 0 Å². The van der Waals surface area contributed by atoms with Crippen molar-refractivity contribution in [3.63, 3.8) is 0 Å². The van der Waals surface area contributed by atoms with E-state index in [0.717, 1.165) is 22.2 Å². The Labute approximate surface area is 153 Å². The molecular weight excluding hydrogens is 354 g/mol. The molecule has 0 spiro atoms. The lowest BCUT2D eigenvalue weighted by Crippen LogP contribution is -2.07. The number of aryl methyl sites for hydroxylation is 1. The van der Waals surface area contributed by atoms with Crippen LogP contribution in [-0.2, 0) is 11.3 Å². The summed E-state index contributed by atoms with van der Waals surface area (Å²) in [5, 5.41) is 13.5. The van der Waals surface area contributed by atoms with Crippen molar-refractivity contribution in [2.24, 2.45) is 0 Å². The molecule has 1 heterocycles. The van der Waals surface area contributed by atoms with Gasteiger partial charge < -0.3 is 10.5 Å². The number of nitro benzene ring substituents is 1. The van der Waals surface area contributed by atoms with Gasteiger partial charge in [-0.05, 0) is 19.1 Å². The number of anilines is 1. The largest absolute Gasteiger partial charge is 0.456 e. The third-order valence-electron chi connectivity index (χ3n) is 3.66. The molecule has 1 aromatic heterocycles. The van der Waals surface area contributed by atoms with Crippen LogP contribution >= 0.6 is 11.3 Å². The predicted molar refractivity (Wildman–Crippen MR) is 98.9 cm³/mol. The SMILES string of the molecule is Cc1ccc(-c2nc(COC(=O)c3ccc(N)c([N+](=O)[O-])c3)cs2)cc1. The summed E-state index contributed by atoms with van der Waals surface area (Å²) in [6, 6.07) is 11.8. The van der Waals surface area contributed by atoms with Crippen LogP contribution < -0.4 is 5.73 Å². The molecule has 26 heavy (non-hydrogen) atoms. The van der Waals surface area contributed by atoms with Gasteiger partial charge in [0.05, 0.1) is 16.2 Å². The van der Waals surface area contributed by atoms with Gasteiger partial charge in [0.15, 0.2) is 0 Å². The highest BCUT2D eigenvalue weighted by molar-refractivity contribution is 7.13. The van der Waals surface area contributed by atoms with Crippen LogP contribution in [-0.4, -0.2) is 15.9 Å². The van der Waals surface area contributed by atoms with Crippen LogP contribution in [0.15, 0.2) is 47.8 Å². The Morgan fingerprint density at radius 2 is 2.00 bits per heavy atom. The van der Waals surface area contributed by atoms with Crippen molar-refractivity contribution in [3.8, 4) is 10.6 Å². The summed E-state index contributed by atoms with van der Waals surface area (Å²) < 4.78 is 5.20. The Morgan fingerprint density at radius 1 is 1.27 bits per heavy atom. The normalized spacial score (nSPS) is 10.5. The standard InChI is InChI=1S/C18H15N3O4S/c1-11-2-4-12(5-3-11)17-20-14(10-26-17)9-25-18(22)13-6-7-15(19)16(8-13)21(23)24/h2-8,10H,9,19H2,1H3. The Bertz CT molecular complexity index is 967. The second-order valence-electron chi connectivity index (χ2n) is 5.62. The lowest BCUT2D eigenvalue weighted by Gasteiger charge is -2.04. The minimum absolute atomic E-state index is 0.00575. The predicted octanol–water partition coefficient (Wildman–Crippen LogP) is 3.97. The molecule has 3 rings (SSSR count). The number of carbonyl (C=O) groups excluding carboxylic acids is 1. The van der Waals surface area contributed by atoms with Gasteiger partial charge in [-0.15, -0.1) is 11.3 Å². The average molecular weight is 369 g/mol. The first-order chi connectivity index (χ1) is 12.4. The van der Waals surface area contributed by atoms with Crippen molar-refractivity contribution in [1.82, 2.24) is 4.98 Å². The highest BCUT2D eigenvalue weighted by Crippen LogP contribution is 2.25. The third-order valence-corrected chi connectivity index (χ3v) is 4.60. The molecule has 0 aliphatic carbocycles. The molecule has 0 bridgehead atoms. The minimum Gasteiger partial charge on any atom is -0.456 e. The molecule has 7 nitrogen and oxygen atoms in total. The molecular formula is C18H15N3O4S. The van der Waals surface area contributed by atoms with E-state index < -0.39 is 10.9 Å². The topological polar surface area (TPSA) is 108 Å². The number of nitrogens with two attached hydrogens (primary N) is 1. The van der Waals surface area contributed by atoms with Crippen molar-refractivity contribution in [3.05, 3.63) is 74.8 Å². The van der Waals surface area contributed by atoms with Crippen LogP contribution in [0.5, 0.6) is 0 Å². The van der Waals surface area contributed by atoms with Crippen LogP contribution in [0.4, 0.5) is 11.4 Å². The van der Waals surface area contributed by atoms with Crippen LogP contribution in [0.25, 0.3) is 10.6 Å². The Morgan fingerprint density at radius 3 is 2.69 bits per heavy atom. The van der Waals surface area contributed by atoms with E-state index >= 15 is 0 Å². The number of ether oxygens (including phenoxy) is 1. The maximum absolute atomic E-state index is 12.1. The van der Waals surface area contributed by atoms with Gasteiger partial charge in [0.25, 0.3) is 5.69 Å². The van der Waals surface area contributed by atoms with Gasteiger partial charge in [-0.1, -0.05) is 29.8 Å². The molecule has 0 aliphatic heterocycles. The molecule has 8 heteroatoms. The number of thiazole rings is 1. The van der Waals surface area contributed by atoms with E-state index in [-0.39, 0.29) is 23.5 Å². The van der Waals surface area contributed by atoms with Crippen LogP contribution in [0.3, 0.4) is 0 Å². The fourth-order valence-corrected chi connectivity index (χ4v) is 3.06. The van der Waals surface area contributed by atoms with Crippen LogP contribution in [0, 0.1) is 17.0 Å². The Balaban J connectivity index is 1.68. The molecule has 0 amide bonds.